The zero-order valence-electron chi connectivity index (χ0n) is 24.0. The van der Waals surface area contributed by atoms with E-state index >= 15 is 0 Å². The Hall–Kier alpha value is -1.70. The van der Waals surface area contributed by atoms with Crippen molar-refractivity contribution >= 4 is 23.4 Å². The van der Waals surface area contributed by atoms with Gasteiger partial charge in [0, 0.05) is 62.9 Å². The summed E-state index contributed by atoms with van der Waals surface area (Å²) in [5.41, 5.74) is 3.31. The molecule has 0 unspecified atom stereocenters. The molecule has 0 N–H and O–H groups in total. The molecule has 9 heteroatoms. The van der Waals surface area contributed by atoms with E-state index in [0.717, 1.165) is 11.1 Å². The smallest absolute Gasteiger partial charge is 0.374 e. The average molecular weight is 563 g/mol. The molecule has 7 nitrogen and oxygen atoms in total. The predicted molar refractivity (Wildman–Crippen MR) is 155 cm³/mol. The van der Waals surface area contributed by atoms with Crippen molar-refractivity contribution in [2.75, 3.05) is 39.6 Å². The van der Waals surface area contributed by atoms with E-state index in [1.807, 2.05) is 90.1 Å². The van der Waals surface area contributed by atoms with Crippen LogP contribution in [0.3, 0.4) is 0 Å². The maximum Gasteiger partial charge on any atom is 0.501 e. The second-order valence-electron chi connectivity index (χ2n) is 8.61. The van der Waals surface area contributed by atoms with Gasteiger partial charge >= 0.3 is 17.6 Å². The second kappa shape index (κ2) is 17.1. The maximum absolute atomic E-state index is 13.9. The van der Waals surface area contributed by atoms with E-state index in [4.69, 9.17) is 26.6 Å². The Morgan fingerprint density at radius 3 is 1.11 bits per heavy atom. The second-order valence-corrected chi connectivity index (χ2v) is 14.1. The Balaban J connectivity index is 2.32. The first-order chi connectivity index (χ1) is 18.4. The van der Waals surface area contributed by atoms with Gasteiger partial charge in [-0.2, -0.15) is 0 Å². The van der Waals surface area contributed by atoms with Gasteiger partial charge < -0.3 is 26.6 Å². The summed E-state index contributed by atoms with van der Waals surface area (Å²) in [7, 11) is -5.66. The van der Waals surface area contributed by atoms with Crippen molar-refractivity contribution < 1.29 is 31.4 Å². The van der Waals surface area contributed by atoms with Crippen molar-refractivity contribution in [2.45, 2.75) is 66.5 Å². The van der Waals surface area contributed by atoms with Gasteiger partial charge in [-0.25, -0.2) is 0 Å². The van der Waals surface area contributed by atoms with Crippen LogP contribution in [-0.4, -0.2) is 63.0 Å². The molecule has 38 heavy (non-hydrogen) atoms. The molecular formula is C29H46O7Si2. The highest BCUT2D eigenvalue weighted by Crippen LogP contribution is 2.26. The summed E-state index contributed by atoms with van der Waals surface area (Å²) in [5, 5.41) is 0. The first-order valence-corrected chi connectivity index (χ1v) is 17.8. The number of ketones is 1. The molecule has 2 rings (SSSR count). The van der Waals surface area contributed by atoms with Gasteiger partial charge in [0.05, 0.1) is 0 Å². The fraction of sp³-hybridized carbons (Fsp3) is 0.552. The quantitative estimate of drug-likeness (QED) is 0.143. The Labute approximate surface area is 231 Å². The minimum Gasteiger partial charge on any atom is -0.374 e. The van der Waals surface area contributed by atoms with Crippen molar-refractivity contribution in [3.05, 3.63) is 70.8 Å². The Morgan fingerprint density at radius 2 is 0.816 bits per heavy atom. The van der Waals surface area contributed by atoms with Gasteiger partial charge in [-0.3, -0.25) is 4.79 Å². The van der Waals surface area contributed by atoms with Crippen LogP contribution in [0.2, 0.25) is 12.1 Å². The molecule has 0 saturated heterocycles. The lowest BCUT2D eigenvalue weighted by molar-refractivity contribution is 0.0706. The molecule has 0 saturated carbocycles. The van der Waals surface area contributed by atoms with E-state index in [1.54, 1.807) is 0 Å². The third-order valence-corrected chi connectivity index (χ3v) is 12.2. The first kappa shape index (κ1) is 32.5. The van der Waals surface area contributed by atoms with Crippen molar-refractivity contribution in [1.29, 1.82) is 0 Å². The van der Waals surface area contributed by atoms with Crippen molar-refractivity contribution in [3.8, 4) is 0 Å². The number of benzene rings is 2. The average Bonchev–Trinajstić information content (AvgIpc) is 2.92. The highest BCUT2D eigenvalue weighted by Gasteiger charge is 2.41. The van der Waals surface area contributed by atoms with Crippen LogP contribution in [0.1, 0.15) is 68.6 Å². The zero-order valence-corrected chi connectivity index (χ0v) is 26.0. The van der Waals surface area contributed by atoms with Gasteiger partial charge in [0.25, 0.3) is 0 Å². The summed E-state index contributed by atoms with van der Waals surface area (Å²) in [6, 6.07) is 16.8. The van der Waals surface area contributed by atoms with Crippen LogP contribution in [-0.2, 0) is 39.4 Å². The molecule has 0 aliphatic carbocycles. The minimum atomic E-state index is -2.83. The van der Waals surface area contributed by atoms with E-state index in [-0.39, 0.29) is 5.78 Å². The molecule has 0 amide bonds. The lowest BCUT2D eigenvalue weighted by Crippen LogP contribution is -2.46. The normalized spacial score (nSPS) is 12.2. The molecule has 0 heterocycles. The lowest BCUT2D eigenvalue weighted by Gasteiger charge is -2.29. The molecule has 0 radical (unpaired) electrons. The largest absolute Gasteiger partial charge is 0.501 e. The number of carbonyl (C=O) groups is 1. The third-order valence-electron chi connectivity index (χ3n) is 6.11. The van der Waals surface area contributed by atoms with Crippen molar-refractivity contribution in [3.63, 3.8) is 0 Å². The highest BCUT2D eigenvalue weighted by atomic mass is 28.4. The monoisotopic (exact) mass is 562 g/mol. The molecule has 0 aromatic heterocycles. The highest BCUT2D eigenvalue weighted by molar-refractivity contribution is 6.61. The van der Waals surface area contributed by atoms with Gasteiger partial charge in [0.15, 0.2) is 5.78 Å². The summed E-state index contributed by atoms with van der Waals surface area (Å²) < 4.78 is 36.2. The molecule has 0 bridgehead atoms. The van der Waals surface area contributed by atoms with Gasteiger partial charge in [-0.05, 0) is 65.5 Å². The van der Waals surface area contributed by atoms with Crippen LogP contribution < -0.4 is 0 Å². The van der Waals surface area contributed by atoms with Gasteiger partial charge in [0.1, 0.15) is 0 Å². The minimum absolute atomic E-state index is 0.00388. The molecule has 2 aromatic carbocycles. The van der Waals surface area contributed by atoms with E-state index < -0.39 is 17.6 Å². The van der Waals surface area contributed by atoms with E-state index in [0.29, 0.717) is 75.7 Å². The molecular weight excluding hydrogens is 516 g/mol. The van der Waals surface area contributed by atoms with Crippen molar-refractivity contribution in [1.82, 2.24) is 0 Å². The predicted octanol–water partition coefficient (Wildman–Crippen LogP) is 6.10. The Bertz CT molecular complexity index is 860. The maximum atomic E-state index is 13.9. The van der Waals surface area contributed by atoms with Gasteiger partial charge in [-0.1, -0.05) is 48.5 Å². The van der Waals surface area contributed by atoms with Gasteiger partial charge in [0.2, 0.25) is 0 Å². The molecule has 0 fully saturated rings. The van der Waals surface area contributed by atoms with E-state index in [1.165, 1.54) is 0 Å². The fourth-order valence-corrected chi connectivity index (χ4v) is 9.80. The summed E-state index contributed by atoms with van der Waals surface area (Å²) >= 11 is 0. The standard InChI is InChI=1S/C29H46O7Si2/c1-7-31-37(32-8-2,33-9-3)23-21-25-17-13-15-19-27(25)29(30)28-20-16-14-18-26(28)22-24-38(34-10-4,35-11-5)36-12-6/h13-20H,7-12,21-24H2,1-6H3. The van der Waals surface area contributed by atoms with Crippen LogP contribution in [0.25, 0.3) is 0 Å². The fourth-order valence-electron chi connectivity index (χ4n) is 4.64. The summed E-state index contributed by atoms with van der Waals surface area (Å²) in [4.78, 5) is 13.9. The third kappa shape index (κ3) is 9.20. The van der Waals surface area contributed by atoms with Crippen LogP contribution in [0.15, 0.2) is 48.5 Å². The summed E-state index contributed by atoms with van der Waals surface area (Å²) in [6.45, 7) is 14.9. The molecule has 212 valence electrons. The lowest BCUT2D eigenvalue weighted by atomic mass is 9.93. The molecule has 0 spiro atoms. The first-order valence-electron chi connectivity index (χ1n) is 14.0. The van der Waals surface area contributed by atoms with Crippen LogP contribution in [0, 0.1) is 0 Å². The van der Waals surface area contributed by atoms with Gasteiger partial charge in [-0.15, -0.1) is 0 Å². The Kier molecular flexibility index (Phi) is 14.6. The topological polar surface area (TPSA) is 72.5 Å². The number of rotatable bonds is 20. The van der Waals surface area contributed by atoms with E-state index in [9.17, 15) is 4.79 Å². The van der Waals surface area contributed by atoms with Crippen LogP contribution >= 0.6 is 0 Å². The summed E-state index contributed by atoms with van der Waals surface area (Å²) in [5.74, 6) is 0.00388. The number of hydrogen-bond donors (Lipinski definition) is 0. The molecule has 0 aliphatic rings. The number of carbonyl (C=O) groups excluding carboxylic acids is 1. The molecule has 2 aromatic rings. The van der Waals surface area contributed by atoms with Crippen LogP contribution in [0.4, 0.5) is 0 Å². The Morgan fingerprint density at radius 1 is 0.526 bits per heavy atom. The summed E-state index contributed by atoms with van der Waals surface area (Å²) in [6.07, 6.45) is 1.26. The number of hydrogen-bond acceptors (Lipinski definition) is 7. The number of aryl methyl sites for hydroxylation is 2. The van der Waals surface area contributed by atoms with Crippen molar-refractivity contribution in [2.24, 2.45) is 0 Å². The molecule has 0 atom stereocenters. The molecule has 0 aliphatic heterocycles. The van der Waals surface area contributed by atoms with E-state index in [2.05, 4.69) is 0 Å². The zero-order chi connectivity index (χ0) is 27.9. The van der Waals surface area contributed by atoms with Crippen LogP contribution in [0.5, 0.6) is 0 Å². The SMILES string of the molecule is CCO[Si](CCc1ccccc1C(=O)c1ccccc1CC[Si](OCC)(OCC)OCC)(OCC)OCC.